The second-order valence-corrected chi connectivity index (χ2v) is 7.69. The third-order valence-electron chi connectivity index (χ3n) is 6.08. The summed E-state index contributed by atoms with van der Waals surface area (Å²) in [6.45, 7) is 4.49. The number of para-hydroxylation sites is 1. The summed E-state index contributed by atoms with van der Waals surface area (Å²) in [5.41, 5.74) is 4.77. The van der Waals surface area contributed by atoms with Crippen LogP contribution in [-0.4, -0.2) is 51.0 Å². The molecule has 0 aliphatic carbocycles. The van der Waals surface area contributed by atoms with Crippen molar-refractivity contribution in [2.75, 3.05) is 26.2 Å². The Labute approximate surface area is 153 Å². The number of aryl methyl sites for hydroxylation is 1. The molecule has 0 amide bonds. The summed E-state index contributed by atoms with van der Waals surface area (Å²) >= 11 is 0. The van der Waals surface area contributed by atoms with Crippen molar-refractivity contribution in [3.8, 4) is 11.3 Å². The topological polar surface area (TPSA) is 54.2 Å². The van der Waals surface area contributed by atoms with Gasteiger partial charge in [0.25, 0.3) is 0 Å². The number of pyridine rings is 1. The van der Waals surface area contributed by atoms with Crippen molar-refractivity contribution in [2.45, 2.75) is 31.2 Å². The monoisotopic (exact) mass is 348 g/mol. The Morgan fingerprint density at radius 3 is 2.92 bits per heavy atom. The third kappa shape index (κ3) is 2.54. The SMILES string of the molecule is OCCCN1CCC2(CCn3nc(-c4cnc5ccccc5c4)cc32)C1. The second kappa shape index (κ2) is 6.18. The first-order chi connectivity index (χ1) is 12.8. The van der Waals surface area contributed by atoms with E-state index in [9.17, 15) is 0 Å². The van der Waals surface area contributed by atoms with E-state index in [1.165, 1.54) is 18.5 Å². The fourth-order valence-electron chi connectivity index (χ4n) is 4.67. The van der Waals surface area contributed by atoms with Crippen LogP contribution in [0, 0.1) is 0 Å². The van der Waals surface area contributed by atoms with Crippen LogP contribution in [0.5, 0.6) is 0 Å². The minimum Gasteiger partial charge on any atom is -0.396 e. The fraction of sp³-hybridized carbons (Fsp3) is 0.429. The van der Waals surface area contributed by atoms with Gasteiger partial charge in [-0.15, -0.1) is 0 Å². The van der Waals surface area contributed by atoms with Gasteiger partial charge < -0.3 is 10.0 Å². The standard InChI is InChI=1S/C21H24N4O/c26-11-3-8-24-9-6-21(15-24)7-10-25-20(21)13-19(23-25)17-12-16-4-1-2-5-18(16)22-14-17/h1-2,4-5,12-14,26H,3,6-11,15H2. The first-order valence-corrected chi connectivity index (χ1v) is 9.54. The molecule has 0 bridgehead atoms. The van der Waals surface area contributed by atoms with Crippen LogP contribution in [0.25, 0.3) is 22.2 Å². The van der Waals surface area contributed by atoms with Gasteiger partial charge in [-0.1, -0.05) is 18.2 Å². The van der Waals surface area contributed by atoms with E-state index >= 15 is 0 Å². The number of aliphatic hydroxyl groups is 1. The molecule has 134 valence electrons. The predicted octanol–water partition coefficient (Wildman–Crippen LogP) is 2.83. The average Bonchev–Trinajstić information content (AvgIpc) is 3.37. The Kier molecular flexibility index (Phi) is 3.80. The van der Waals surface area contributed by atoms with Crippen LogP contribution in [0.4, 0.5) is 0 Å². The van der Waals surface area contributed by atoms with Gasteiger partial charge in [-0.3, -0.25) is 9.67 Å². The molecule has 1 unspecified atom stereocenters. The maximum Gasteiger partial charge on any atom is 0.0941 e. The summed E-state index contributed by atoms with van der Waals surface area (Å²) in [7, 11) is 0. The van der Waals surface area contributed by atoms with Gasteiger partial charge in [0.05, 0.1) is 11.2 Å². The van der Waals surface area contributed by atoms with E-state index in [4.69, 9.17) is 10.2 Å². The quantitative estimate of drug-likeness (QED) is 0.788. The molecule has 5 heteroatoms. The van der Waals surface area contributed by atoms with Gasteiger partial charge in [-0.2, -0.15) is 5.10 Å². The van der Waals surface area contributed by atoms with Gasteiger partial charge in [0.1, 0.15) is 0 Å². The molecule has 1 atom stereocenters. The van der Waals surface area contributed by atoms with Crippen LogP contribution in [0.3, 0.4) is 0 Å². The minimum atomic E-state index is 0.241. The van der Waals surface area contributed by atoms with Crippen molar-refractivity contribution < 1.29 is 5.11 Å². The van der Waals surface area contributed by atoms with E-state index in [-0.39, 0.29) is 12.0 Å². The Balaban J connectivity index is 1.46. The average molecular weight is 348 g/mol. The number of rotatable bonds is 4. The molecule has 5 nitrogen and oxygen atoms in total. The van der Waals surface area contributed by atoms with Gasteiger partial charge in [-0.25, -0.2) is 0 Å². The fourth-order valence-corrected chi connectivity index (χ4v) is 4.67. The van der Waals surface area contributed by atoms with E-state index in [1.54, 1.807) is 0 Å². The predicted molar refractivity (Wildman–Crippen MR) is 102 cm³/mol. The molecule has 2 aliphatic heterocycles. The molecule has 4 heterocycles. The smallest absolute Gasteiger partial charge is 0.0941 e. The molecule has 5 rings (SSSR count). The zero-order valence-electron chi connectivity index (χ0n) is 14.9. The highest BCUT2D eigenvalue weighted by Crippen LogP contribution is 2.43. The summed E-state index contributed by atoms with van der Waals surface area (Å²) in [6.07, 6.45) is 5.18. The number of likely N-dealkylation sites (tertiary alicyclic amines) is 1. The van der Waals surface area contributed by atoms with E-state index in [1.807, 2.05) is 18.3 Å². The number of hydrogen-bond donors (Lipinski definition) is 1. The summed E-state index contributed by atoms with van der Waals surface area (Å²) in [4.78, 5) is 7.09. The van der Waals surface area contributed by atoms with Crippen LogP contribution in [0.1, 0.15) is 25.0 Å². The molecule has 1 saturated heterocycles. The molecule has 1 fully saturated rings. The highest BCUT2D eigenvalue weighted by atomic mass is 16.3. The van der Waals surface area contributed by atoms with Gasteiger partial charge >= 0.3 is 0 Å². The summed E-state index contributed by atoms with van der Waals surface area (Å²) in [6, 6.07) is 12.7. The van der Waals surface area contributed by atoms with Crippen LogP contribution in [-0.2, 0) is 12.0 Å². The highest BCUT2D eigenvalue weighted by molar-refractivity contribution is 5.82. The number of benzene rings is 1. The number of fused-ring (bicyclic) bond motifs is 3. The number of hydrogen-bond acceptors (Lipinski definition) is 4. The molecule has 2 aromatic heterocycles. The Bertz CT molecular complexity index is 950. The first-order valence-electron chi connectivity index (χ1n) is 9.54. The van der Waals surface area contributed by atoms with E-state index in [0.29, 0.717) is 0 Å². The zero-order valence-corrected chi connectivity index (χ0v) is 14.9. The van der Waals surface area contributed by atoms with Gasteiger partial charge in [0, 0.05) is 54.5 Å². The summed E-state index contributed by atoms with van der Waals surface area (Å²) in [5, 5.41) is 15.1. The molecular weight excluding hydrogens is 324 g/mol. The molecule has 3 aromatic rings. The van der Waals surface area contributed by atoms with Crippen LogP contribution in [0.2, 0.25) is 0 Å². The molecule has 1 spiro atoms. The van der Waals surface area contributed by atoms with Crippen LogP contribution in [0.15, 0.2) is 42.6 Å². The lowest BCUT2D eigenvalue weighted by Crippen LogP contribution is -2.30. The Morgan fingerprint density at radius 2 is 2.00 bits per heavy atom. The lowest BCUT2D eigenvalue weighted by Gasteiger charge is -2.23. The normalized spacial score (nSPS) is 22.5. The van der Waals surface area contributed by atoms with Gasteiger partial charge in [-0.05, 0) is 44.0 Å². The van der Waals surface area contributed by atoms with E-state index in [2.05, 4.69) is 38.8 Å². The summed E-state index contributed by atoms with van der Waals surface area (Å²) in [5.74, 6) is 0. The molecule has 1 aromatic carbocycles. The Morgan fingerprint density at radius 1 is 1.12 bits per heavy atom. The number of nitrogens with zero attached hydrogens (tertiary/aromatic N) is 4. The van der Waals surface area contributed by atoms with Crippen molar-refractivity contribution >= 4 is 10.9 Å². The molecule has 1 N–H and O–H groups in total. The van der Waals surface area contributed by atoms with Crippen LogP contribution >= 0.6 is 0 Å². The van der Waals surface area contributed by atoms with Gasteiger partial charge in [0.2, 0.25) is 0 Å². The Hall–Kier alpha value is -2.24. The van der Waals surface area contributed by atoms with Crippen LogP contribution < -0.4 is 0 Å². The first kappa shape index (κ1) is 16.0. The molecule has 2 aliphatic rings. The lowest BCUT2D eigenvalue weighted by molar-refractivity contribution is 0.240. The summed E-state index contributed by atoms with van der Waals surface area (Å²) < 4.78 is 2.21. The minimum absolute atomic E-state index is 0.241. The number of aromatic nitrogens is 3. The highest BCUT2D eigenvalue weighted by Gasteiger charge is 2.45. The van der Waals surface area contributed by atoms with Crippen molar-refractivity contribution in [1.82, 2.24) is 19.7 Å². The number of aliphatic hydroxyl groups excluding tert-OH is 1. The van der Waals surface area contributed by atoms with Crippen molar-refractivity contribution in [3.05, 3.63) is 48.3 Å². The van der Waals surface area contributed by atoms with Crippen molar-refractivity contribution in [2.24, 2.45) is 0 Å². The van der Waals surface area contributed by atoms with Crippen molar-refractivity contribution in [1.29, 1.82) is 0 Å². The van der Waals surface area contributed by atoms with Crippen molar-refractivity contribution in [3.63, 3.8) is 0 Å². The maximum absolute atomic E-state index is 9.10. The molecule has 26 heavy (non-hydrogen) atoms. The zero-order chi connectivity index (χ0) is 17.6. The van der Waals surface area contributed by atoms with E-state index < -0.39 is 0 Å². The molecular formula is C21H24N4O. The largest absolute Gasteiger partial charge is 0.396 e. The second-order valence-electron chi connectivity index (χ2n) is 7.69. The lowest BCUT2D eigenvalue weighted by atomic mass is 9.82. The van der Waals surface area contributed by atoms with E-state index in [0.717, 1.165) is 54.8 Å². The molecule has 0 radical (unpaired) electrons. The molecule has 0 saturated carbocycles. The van der Waals surface area contributed by atoms with Gasteiger partial charge in [0.15, 0.2) is 0 Å². The maximum atomic E-state index is 9.10. The third-order valence-corrected chi connectivity index (χ3v) is 6.08.